The first kappa shape index (κ1) is 12.4. The predicted octanol–water partition coefficient (Wildman–Crippen LogP) is 1.08. The van der Waals surface area contributed by atoms with Gasteiger partial charge < -0.3 is 9.64 Å². The highest BCUT2D eigenvalue weighted by Gasteiger charge is 2.22. The molecule has 2 aliphatic rings. The zero-order valence-electron chi connectivity index (χ0n) is 11.0. The molecule has 0 bridgehead atoms. The van der Waals surface area contributed by atoms with E-state index in [1.807, 2.05) is 0 Å². The molecule has 0 unspecified atom stereocenters. The zero-order valence-corrected chi connectivity index (χ0v) is 11.0. The lowest BCUT2D eigenvalue weighted by Gasteiger charge is -2.28. The fourth-order valence-corrected chi connectivity index (χ4v) is 2.34. The lowest BCUT2D eigenvalue weighted by Crippen LogP contribution is -2.32. The third kappa shape index (κ3) is 2.86. The first-order valence-electron chi connectivity index (χ1n) is 6.99. The van der Waals surface area contributed by atoms with Crippen LogP contribution in [0.25, 0.3) is 0 Å². The van der Waals surface area contributed by atoms with E-state index in [1.165, 1.54) is 25.7 Å². The van der Waals surface area contributed by atoms with Crippen LogP contribution in [0.15, 0.2) is 0 Å². The molecule has 104 valence electrons. The van der Waals surface area contributed by atoms with Crippen molar-refractivity contribution in [3.05, 3.63) is 0 Å². The molecular weight excluding hydrogens is 244 g/mol. The number of hydrogen-bond donors (Lipinski definition) is 2. The molecule has 7 nitrogen and oxygen atoms in total. The second kappa shape index (κ2) is 5.56. The summed E-state index contributed by atoms with van der Waals surface area (Å²) < 4.78 is 5.74. The molecule has 7 heteroatoms. The van der Waals surface area contributed by atoms with Crippen molar-refractivity contribution in [2.45, 2.75) is 44.6 Å². The number of ether oxygens (including phenoxy) is 1. The van der Waals surface area contributed by atoms with Crippen molar-refractivity contribution in [2.75, 3.05) is 23.4 Å². The Balaban J connectivity index is 1.78. The van der Waals surface area contributed by atoms with Gasteiger partial charge in [-0.25, -0.2) is 5.84 Å². The van der Waals surface area contributed by atoms with Gasteiger partial charge in [0, 0.05) is 13.1 Å². The minimum absolute atomic E-state index is 0.252. The summed E-state index contributed by atoms with van der Waals surface area (Å²) in [5.74, 6) is 6.45. The predicted molar refractivity (Wildman–Crippen MR) is 72.0 cm³/mol. The number of hydrazine groups is 1. The van der Waals surface area contributed by atoms with Gasteiger partial charge in [0.15, 0.2) is 0 Å². The quantitative estimate of drug-likeness (QED) is 0.621. The molecule has 1 aliphatic carbocycles. The summed E-state index contributed by atoms with van der Waals surface area (Å²) >= 11 is 0. The average molecular weight is 264 g/mol. The van der Waals surface area contributed by atoms with E-state index in [0.29, 0.717) is 17.9 Å². The van der Waals surface area contributed by atoms with Gasteiger partial charge in [0.2, 0.25) is 11.9 Å². The number of nitrogens with zero attached hydrogens (tertiary/aromatic N) is 4. The summed E-state index contributed by atoms with van der Waals surface area (Å²) in [5.41, 5.74) is 2.49. The van der Waals surface area contributed by atoms with E-state index >= 15 is 0 Å². The smallest absolute Gasteiger partial charge is 0.323 e. The fourth-order valence-electron chi connectivity index (χ4n) is 2.34. The molecule has 3 N–H and O–H groups in total. The van der Waals surface area contributed by atoms with Crippen LogP contribution >= 0.6 is 0 Å². The van der Waals surface area contributed by atoms with Crippen LogP contribution < -0.4 is 20.9 Å². The second-order valence-electron chi connectivity index (χ2n) is 5.10. The normalized spacial score (nSPS) is 19.9. The highest BCUT2D eigenvalue weighted by Crippen LogP contribution is 2.25. The highest BCUT2D eigenvalue weighted by atomic mass is 16.5. The van der Waals surface area contributed by atoms with Crippen molar-refractivity contribution in [1.29, 1.82) is 0 Å². The first-order chi connectivity index (χ1) is 9.35. The Hall–Kier alpha value is -1.63. The molecule has 1 saturated heterocycles. The van der Waals surface area contributed by atoms with E-state index in [2.05, 4.69) is 25.3 Å². The van der Waals surface area contributed by atoms with Crippen molar-refractivity contribution in [2.24, 2.45) is 5.84 Å². The Morgan fingerprint density at radius 1 is 1.05 bits per heavy atom. The highest BCUT2D eigenvalue weighted by molar-refractivity contribution is 5.38. The van der Waals surface area contributed by atoms with Crippen LogP contribution in [0.4, 0.5) is 11.9 Å². The van der Waals surface area contributed by atoms with Gasteiger partial charge in [0.25, 0.3) is 0 Å². The Kier molecular flexibility index (Phi) is 3.63. The first-order valence-corrected chi connectivity index (χ1v) is 6.99. The Labute approximate surface area is 112 Å². The molecule has 0 spiro atoms. The van der Waals surface area contributed by atoms with E-state index in [-0.39, 0.29) is 6.10 Å². The van der Waals surface area contributed by atoms with Crippen LogP contribution in [0.3, 0.4) is 0 Å². The van der Waals surface area contributed by atoms with Crippen molar-refractivity contribution >= 4 is 11.9 Å². The van der Waals surface area contributed by atoms with Crippen LogP contribution in [0.1, 0.15) is 38.5 Å². The third-order valence-corrected chi connectivity index (χ3v) is 3.70. The van der Waals surface area contributed by atoms with Gasteiger partial charge in [-0.2, -0.15) is 15.0 Å². The van der Waals surface area contributed by atoms with Gasteiger partial charge in [-0.3, -0.25) is 5.43 Å². The van der Waals surface area contributed by atoms with Crippen LogP contribution in [0.2, 0.25) is 0 Å². The number of anilines is 2. The van der Waals surface area contributed by atoms with Crippen molar-refractivity contribution in [3.8, 4) is 6.01 Å². The Morgan fingerprint density at radius 3 is 2.47 bits per heavy atom. The Bertz CT molecular complexity index is 430. The molecule has 1 saturated carbocycles. The SMILES string of the molecule is NNc1nc(OC2CCC2)nc(N2CCCCC2)n1. The van der Waals surface area contributed by atoms with E-state index in [1.54, 1.807) is 0 Å². The summed E-state index contributed by atoms with van der Waals surface area (Å²) in [6.45, 7) is 1.97. The number of piperidine rings is 1. The van der Waals surface area contributed by atoms with Crippen LogP contribution in [-0.2, 0) is 0 Å². The molecule has 2 fully saturated rings. The molecule has 3 rings (SSSR count). The lowest BCUT2D eigenvalue weighted by molar-refractivity contribution is 0.108. The second-order valence-corrected chi connectivity index (χ2v) is 5.10. The fraction of sp³-hybridized carbons (Fsp3) is 0.750. The van der Waals surface area contributed by atoms with Gasteiger partial charge in [-0.1, -0.05) is 0 Å². The minimum atomic E-state index is 0.252. The summed E-state index contributed by atoms with van der Waals surface area (Å²) in [4.78, 5) is 15.1. The monoisotopic (exact) mass is 264 g/mol. The number of nitrogens with two attached hydrogens (primary N) is 1. The number of aromatic nitrogens is 3. The van der Waals surface area contributed by atoms with Gasteiger partial charge in [-0.15, -0.1) is 0 Å². The molecule has 1 aromatic rings. The van der Waals surface area contributed by atoms with Gasteiger partial charge >= 0.3 is 6.01 Å². The maximum atomic E-state index is 5.74. The summed E-state index contributed by atoms with van der Waals surface area (Å²) in [5, 5.41) is 0. The van der Waals surface area contributed by atoms with Crippen molar-refractivity contribution in [3.63, 3.8) is 0 Å². The Morgan fingerprint density at radius 2 is 1.84 bits per heavy atom. The third-order valence-electron chi connectivity index (χ3n) is 3.70. The van der Waals surface area contributed by atoms with Crippen molar-refractivity contribution < 1.29 is 4.74 Å². The van der Waals surface area contributed by atoms with Crippen LogP contribution in [0, 0.1) is 0 Å². The largest absolute Gasteiger partial charge is 0.460 e. The molecule has 1 aliphatic heterocycles. The maximum Gasteiger partial charge on any atom is 0.323 e. The molecule has 2 heterocycles. The maximum absolute atomic E-state index is 5.74. The number of hydrogen-bond acceptors (Lipinski definition) is 7. The summed E-state index contributed by atoms with van der Waals surface area (Å²) in [7, 11) is 0. The minimum Gasteiger partial charge on any atom is -0.460 e. The van der Waals surface area contributed by atoms with Gasteiger partial charge in [0.05, 0.1) is 0 Å². The molecule has 1 aromatic heterocycles. The standard InChI is InChI=1S/C12H20N6O/c13-17-10-14-11(18-7-2-1-3-8-18)16-12(15-10)19-9-5-4-6-9/h9H,1-8,13H2,(H,14,15,16,17). The molecule has 0 atom stereocenters. The number of rotatable bonds is 4. The summed E-state index contributed by atoms with van der Waals surface area (Å²) in [6, 6.07) is 0.383. The molecule has 0 radical (unpaired) electrons. The molecule has 0 aromatic carbocycles. The van der Waals surface area contributed by atoms with Crippen LogP contribution in [-0.4, -0.2) is 34.1 Å². The van der Waals surface area contributed by atoms with E-state index < -0.39 is 0 Å². The molecule has 0 amide bonds. The average Bonchev–Trinajstić information content (AvgIpc) is 2.43. The lowest BCUT2D eigenvalue weighted by atomic mass is 9.96. The molecular formula is C12H20N6O. The van der Waals surface area contributed by atoms with Crippen LogP contribution in [0.5, 0.6) is 6.01 Å². The van der Waals surface area contributed by atoms with Gasteiger partial charge in [0.1, 0.15) is 6.10 Å². The van der Waals surface area contributed by atoms with Gasteiger partial charge in [-0.05, 0) is 38.5 Å². The van der Waals surface area contributed by atoms with E-state index in [4.69, 9.17) is 10.6 Å². The molecule has 19 heavy (non-hydrogen) atoms. The number of nitrogens with one attached hydrogen (secondary N) is 1. The summed E-state index contributed by atoms with van der Waals surface area (Å²) in [6.07, 6.45) is 7.26. The van der Waals surface area contributed by atoms with E-state index in [0.717, 1.165) is 25.9 Å². The topological polar surface area (TPSA) is 89.2 Å². The van der Waals surface area contributed by atoms with Crippen molar-refractivity contribution in [1.82, 2.24) is 15.0 Å². The number of nitrogen functional groups attached to an aromatic ring is 1. The zero-order chi connectivity index (χ0) is 13.1. The van der Waals surface area contributed by atoms with E-state index in [9.17, 15) is 0 Å².